The van der Waals surface area contributed by atoms with Crippen molar-refractivity contribution in [2.75, 3.05) is 6.61 Å². The molecule has 3 heterocycles. The van der Waals surface area contributed by atoms with Crippen LogP contribution in [-0.2, 0) is 26.1 Å². The minimum Gasteiger partial charge on any atom is -0.477 e. The summed E-state index contributed by atoms with van der Waals surface area (Å²) in [6.45, 7) is 1.54. The van der Waals surface area contributed by atoms with E-state index >= 15 is 0 Å². The molecule has 3 aromatic heterocycles. The fraction of sp³-hybridized carbons (Fsp3) is 0.478. The molecule has 7 nitrogen and oxygen atoms in total. The van der Waals surface area contributed by atoms with E-state index in [-0.39, 0.29) is 36.6 Å². The number of ether oxygens (including phenoxy) is 1. The van der Waals surface area contributed by atoms with E-state index in [1.54, 1.807) is 25.1 Å². The van der Waals surface area contributed by atoms with Gasteiger partial charge in [-0.25, -0.2) is 13.8 Å². The number of nitrogens with zero attached hydrogens (tertiary/aromatic N) is 5. The zero-order valence-electron chi connectivity index (χ0n) is 19.1. The maximum atomic E-state index is 13.3. The van der Waals surface area contributed by atoms with Gasteiger partial charge in [0.25, 0.3) is 5.92 Å². The van der Waals surface area contributed by atoms with Crippen LogP contribution in [0.25, 0.3) is 11.3 Å². The van der Waals surface area contributed by atoms with Crippen LogP contribution in [0, 0.1) is 12.8 Å². The second kappa shape index (κ2) is 9.48. The third-order valence-corrected chi connectivity index (χ3v) is 5.78. The Kier molecular flexibility index (Phi) is 6.76. The van der Waals surface area contributed by atoms with Crippen LogP contribution in [0.15, 0.2) is 30.6 Å². The van der Waals surface area contributed by atoms with Gasteiger partial charge in [0.2, 0.25) is 5.88 Å². The van der Waals surface area contributed by atoms with Crippen LogP contribution in [0.4, 0.5) is 22.0 Å². The van der Waals surface area contributed by atoms with Crippen molar-refractivity contribution in [3.8, 4) is 17.1 Å². The molecule has 2 unspecified atom stereocenters. The predicted octanol–water partition coefficient (Wildman–Crippen LogP) is 4.17. The second-order valence-electron chi connectivity index (χ2n) is 8.80. The number of aromatic nitrogens is 5. The van der Waals surface area contributed by atoms with Gasteiger partial charge < -0.3 is 9.84 Å². The minimum atomic E-state index is -4.62. The average molecular weight is 497 g/mol. The number of pyridine rings is 1. The van der Waals surface area contributed by atoms with Gasteiger partial charge in [-0.2, -0.15) is 23.4 Å². The van der Waals surface area contributed by atoms with Gasteiger partial charge in [-0.15, -0.1) is 5.10 Å². The molecule has 12 heteroatoms. The SMILES string of the molecule is Cc1cc(CCC(O)Cc2ccnc(OCC3CC3(F)F)c2)nnc1-c1cn(C)nc1C(F)(F)F. The summed E-state index contributed by atoms with van der Waals surface area (Å²) in [5, 5.41) is 22.0. The fourth-order valence-corrected chi connectivity index (χ4v) is 3.78. The van der Waals surface area contributed by atoms with Crippen molar-refractivity contribution in [3.05, 3.63) is 53.1 Å². The molecular weight excluding hydrogens is 473 g/mol. The zero-order chi connectivity index (χ0) is 25.4. The molecular formula is C23H24F5N5O2. The van der Waals surface area contributed by atoms with Crippen LogP contribution in [0.2, 0.25) is 0 Å². The number of aliphatic hydroxyl groups is 1. The number of aryl methyl sites for hydroxylation is 3. The molecule has 1 aliphatic rings. The van der Waals surface area contributed by atoms with Crippen molar-refractivity contribution in [1.82, 2.24) is 25.0 Å². The van der Waals surface area contributed by atoms with Gasteiger partial charge in [0.05, 0.1) is 35.6 Å². The standard InChI is InChI=1S/C23H24F5N5O2/c1-13-7-16(30-31-20(13)18-11-33(2)32-21(18)23(26,27)28)3-4-17(34)8-14-5-6-29-19(9-14)35-12-15-10-22(15,24)25/h5-7,9,11,15,17,34H,3-4,8,10,12H2,1-2H3. The van der Waals surface area contributed by atoms with Gasteiger partial charge in [-0.1, -0.05) is 0 Å². The van der Waals surface area contributed by atoms with Crippen LogP contribution >= 0.6 is 0 Å². The van der Waals surface area contributed by atoms with E-state index in [0.717, 1.165) is 10.2 Å². The van der Waals surface area contributed by atoms with E-state index in [1.165, 1.54) is 19.4 Å². The molecule has 0 saturated heterocycles. The number of hydrogen-bond donors (Lipinski definition) is 1. The first-order valence-electron chi connectivity index (χ1n) is 11.0. The van der Waals surface area contributed by atoms with Crippen molar-refractivity contribution < 1.29 is 31.8 Å². The Morgan fingerprint density at radius 1 is 1.26 bits per heavy atom. The summed E-state index contributed by atoms with van der Waals surface area (Å²) in [4.78, 5) is 4.01. The van der Waals surface area contributed by atoms with E-state index in [0.29, 0.717) is 24.1 Å². The Labute approximate surface area is 198 Å². The van der Waals surface area contributed by atoms with Gasteiger partial charge in [0.1, 0.15) is 0 Å². The maximum absolute atomic E-state index is 13.3. The average Bonchev–Trinajstić information content (AvgIpc) is 3.18. The van der Waals surface area contributed by atoms with Gasteiger partial charge in [-0.05, 0) is 49.4 Å². The highest BCUT2D eigenvalue weighted by Gasteiger charge is 2.57. The van der Waals surface area contributed by atoms with E-state index in [2.05, 4.69) is 20.3 Å². The van der Waals surface area contributed by atoms with Crippen LogP contribution < -0.4 is 4.74 Å². The number of aliphatic hydroxyl groups excluding tert-OH is 1. The predicted molar refractivity (Wildman–Crippen MR) is 115 cm³/mol. The van der Waals surface area contributed by atoms with Crippen LogP contribution in [0.3, 0.4) is 0 Å². The summed E-state index contributed by atoms with van der Waals surface area (Å²) in [6, 6.07) is 4.95. The van der Waals surface area contributed by atoms with Gasteiger partial charge in [0, 0.05) is 31.9 Å². The molecule has 1 saturated carbocycles. The van der Waals surface area contributed by atoms with Gasteiger partial charge in [0.15, 0.2) is 5.69 Å². The minimum absolute atomic E-state index is 0.1000. The third-order valence-electron chi connectivity index (χ3n) is 5.78. The molecule has 188 valence electrons. The Balaban J connectivity index is 1.34. The van der Waals surface area contributed by atoms with E-state index in [1.807, 2.05) is 0 Å². The highest BCUT2D eigenvalue weighted by molar-refractivity contribution is 5.65. The molecule has 4 rings (SSSR count). The third kappa shape index (κ3) is 6.11. The molecule has 0 aliphatic heterocycles. The first-order chi connectivity index (χ1) is 16.4. The molecule has 1 N–H and O–H groups in total. The molecule has 0 bridgehead atoms. The van der Waals surface area contributed by atoms with Gasteiger partial charge >= 0.3 is 6.18 Å². The number of halogens is 5. The maximum Gasteiger partial charge on any atom is 0.435 e. The highest BCUT2D eigenvalue weighted by Crippen LogP contribution is 2.48. The Morgan fingerprint density at radius 2 is 2.00 bits per heavy atom. The molecule has 3 aromatic rings. The molecule has 0 radical (unpaired) electrons. The molecule has 35 heavy (non-hydrogen) atoms. The second-order valence-corrected chi connectivity index (χ2v) is 8.80. The largest absolute Gasteiger partial charge is 0.477 e. The van der Waals surface area contributed by atoms with Crippen molar-refractivity contribution >= 4 is 0 Å². The number of hydrogen-bond acceptors (Lipinski definition) is 6. The zero-order valence-corrected chi connectivity index (χ0v) is 19.1. The van der Waals surface area contributed by atoms with Crippen LogP contribution in [0.5, 0.6) is 5.88 Å². The summed E-state index contributed by atoms with van der Waals surface area (Å²) < 4.78 is 72.3. The Morgan fingerprint density at radius 3 is 2.66 bits per heavy atom. The summed E-state index contributed by atoms with van der Waals surface area (Å²) in [5.74, 6) is -3.22. The topological polar surface area (TPSA) is 86.0 Å². The lowest BCUT2D eigenvalue weighted by Crippen LogP contribution is -2.13. The lowest BCUT2D eigenvalue weighted by molar-refractivity contribution is -0.141. The van der Waals surface area contributed by atoms with Crippen molar-refractivity contribution in [2.45, 2.75) is 50.8 Å². The lowest BCUT2D eigenvalue weighted by atomic mass is 10.0. The first-order valence-corrected chi connectivity index (χ1v) is 11.0. The molecule has 1 aliphatic carbocycles. The molecule has 1 fully saturated rings. The normalized spacial score (nSPS) is 17.9. The Bertz CT molecular complexity index is 1200. The molecule has 0 amide bonds. The van der Waals surface area contributed by atoms with Crippen LogP contribution in [0.1, 0.15) is 35.4 Å². The quantitative estimate of drug-likeness (QED) is 0.447. The van der Waals surface area contributed by atoms with E-state index in [9.17, 15) is 27.1 Å². The fourth-order valence-electron chi connectivity index (χ4n) is 3.78. The molecule has 0 spiro atoms. The van der Waals surface area contributed by atoms with Crippen molar-refractivity contribution in [2.24, 2.45) is 13.0 Å². The Hall–Kier alpha value is -3.15. The highest BCUT2D eigenvalue weighted by atomic mass is 19.4. The van der Waals surface area contributed by atoms with Gasteiger partial charge in [-0.3, -0.25) is 4.68 Å². The summed E-state index contributed by atoms with van der Waals surface area (Å²) >= 11 is 0. The number of alkyl halides is 5. The molecule has 2 atom stereocenters. The van der Waals surface area contributed by atoms with Crippen LogP contribution in [-0.4, -0.2) is 48.7 Å². The smallest absolute Gasteiger partial charge is 0.435 e. The monoisotopic (exact) mass is 497 g/mol. The molecule has 0 aromatic carbocycles. The summed E-state index contributed by atoms with van der Waals surface area (Å²) in [7, 11) is 1.40. The van der Waals surface area contributed by atoms with Crippen molar-refractivity contribution in [3.63, 3.8) is 0 Å². The first kappa shape index (κ1) is 25.0. The lowest BCUT2D eigenvalue weighted by Gasteiger charge is -2.12. The van der Waals surface area contributed by atoms with E-state index in [4.69, 9.17) is 4.74 Å². The van der Waals surface area contributed by atoms with Crippen molar-refractivity contribution in [1.29, 1.82) is 0 Å². The summed E-state index contributed by atoms with van der Waals surface area (Å²) in [6.07, 6.45) is -1.81. The van der Waals surface area contributed by atoms with E-state index < -0.39 is 29.8 Å². The summed E-state index contributed by atoms with van der Waals surface area (Å²) in [5.41, 5.74) is 0.721. The number of rotatable bonds is 9.